The third-order valence-electron chi connectivity index (χ3n) is 6.07. The molecule has 2 aromatic rings. The van der Waals surface area contributed by atoms with E-state index in [1.807, 2.05) is 6.07 Å². The Morgan fingerprint density at radius 3 is 2.54 bits per heavy atom. The maximum atomic E-state index is 13.4. The second kappa shape index (κ2) is 7.23. The van der Waals surface area contributed by atoms with E-state index in [-0.39, 0.29) is 18.1 Å². The summed E-state index contributed by atoms with van der Waals surface area (Å²) in [5.41, 5.74) is 2.86. The van der Waals surface area contributed by atoms with Gasteiger partial charge in [-0.1, -0.05) is 54.6 Å². The van der Waals surface area contributed by atoms with Crippen LogP contribution in [0.3, 0.4) is 0 Å². The van der Waals surface area contributed by atoms with Crippen LogP contribution in [-0.4, -0.2) is 16.9 Å². The number of nitrogens with zero attached hydrogens (tertiary/aromatic N) is 2. The maximum Gasteiger partial charge on any atom is 0.190 e. The fourth-order valence-electron chi connectivity index (χ4n) is 4.69. The summed E-state index contributed by atoms with van der Waals surface area (Å²) in [6.07, 6.45) is 6.59. The number of benzene rings is 2. The van der Waals surface area contributed by atoms with Crippen LogP contribution in [0, 0.1) is 11.7 Å². The zero-order chi connectivity index (χ0) is 19.3. The molecule has 0 amide bonds. The Kier molecular flexibility index (Phi) is 4.72. The zero-order valence-corrected chi connectivity index (χ0v) is 16.9. The normalized spacial score (nSPS) is 24.4. The van der Waals surface area contributed by atoms with E-state index in [1.54, 1.807) is 18.2 Å². The second-order valence-corrected chi connectivity index (χ2v) is 8.71. The van der Waals surface area contributed by atoms with Crippen molar-refractivity contribution in [1.29, 1.82) is 0 Å². The largest absolute Gasteiger partial charge is 0.467 e. The summed E-state index contributed by atoms with van der Waals surface area (Å²) in [6.45, 7) is 0. The van der Waals surface area contributed by atoms with Crippen molar-refractivity contribution in [3.63, 3.8) is 0 Å². The Morgan fingerprint density at radius 2 is 1.79 bits per heavy atom. The van der Waals surface area contributed by atoms with Crippen molar-refractivity contribution in [1.82, 2.24) is 5.01 Å². The highest BCUT2D eigenvalue weighted by molar-refractivity contribution is 6.35. The molecule has 1 fully saturated rings. The Bertz CT molecular complexity index is 925. The highest BCUT2D eigenvalue weighted by Crippen LogP contribution is 2.49. The molecule has 146 valence electrons. The monoisotopic (exact) mass is 418 g/mol. The smallest absolute Gasteiger partial charge is 0.190 e. The third-order valence-corrected chi connectivity index (χ3v) is 6.57. The van der Waals surface area contributed by atoms with Gasteiger partial charge >= 0.3 is 0 Å². The molecule has 1 saturated carbocycles. The van der Waals surface area contributed by atoms with Gasteiger partial charge in [0.25, 0.3) is 0 Å². The molecule has 3 aliphatic rings. The minimum Gasteiger partial charge on any atom is -0.467 e. The lowest BCUT2D eigenvalue weighted by molar-refractivity contribution is -0.0642. The Hall–Kier alpha value is -1.78. The molecule has 1 aliphatic carbocycles. The zero-order valence-electron chi connectivity index (χ0n) is 15.4. The molecule has 3 nitrogen and oxygen atoms in total. The van der Waals surface area contributed by atoms with Crippen molar-refractivity contribution in [2.75, 3.05) is 0 Å². The number of hydrazone groups is 1. The van der Waals surface area contributed by atoms with Gasteiger partial charge < -0.3 is 4.74 Å². The molecule has 0 spiro atoms. The van der Waals surface area contributed by atoms with Crippen LogP contribution in [0.5, 0.6) is 5.75 Å². The van der Waals surface area contributed by atoms with Gasteiger partial charge in [0.1, 0.15) is 11.6 Å². The van der Waals surface area contributed by atoms with E-state index in [0.717, 1.165) is 41.9 Å². The van der Waals surface area contributed by atoms with Crippen LogP contribution in [0.25, 0.3) is 0 Å². The van der Waals surface area contributed by atoms with E-state index in [1.165, 1.54) is 31.4 Å². The molecule has 5 rings (SSSR count). The predicted octanol–water partition coefficient (Wildman–Crippen LogP) is 6.58. The van der Waals surface area contributed by atoms with Crippen molar-refractivity contribution in [3.05, 3.63) is 63.4 Å². The van der Waals surface area contributed by atoms with Gasteiger partial charge in [-0.25, -0.2) is 9.40 Å². The summed E-state index contributed by atoms with van der Waals surface area (Å²) in [7, 11) is 0. The minimum absolute atomic E-state index is 0.0342. The maximum absolute atomic E-state index is 13.4. The van der Waals surface area contributed by atoms with Gasteiger partial charge in [-0.2, -0.15) is 5.10 Å². The average molecular weight is 419 g/mol. The molecule has 0 aromatic heterocycles. The summed E-state index contributed by atoms with van der Waals surface area (Å²) < 4.78 is 19.8. The van der Waals surface area contributed by atoms with Gasteiger partial charge in [0.05, 0.1) is 16.8 Å². The first-order valence-electron chi connectivity index (χ1n) is 9.87. The Morgan fingerprint density at radius 1 is 1.04 bits per heavy atom. The second-order valence-electron chi connectivity index (χ2n) is 7.87. The first kappa shape index (κ1) is 18.3. The summed E-state index contributed by atoms with van der Waals surface area (Å²) in [5.74, 6) is 0.915. The van der Waals surface area contributed by atoms with Gasteiger partial charge in [0.2, 0.25) is 0 Å². The van der Waals surface area contributed by atoms with Gasteiger partial charge in [0.15, 0.2) is 6.23 Å². The molecule has 2 aromatic carbocycles. The molecule has 6 heteroatoms. The fraction of sp³-hybridized carbons (Fsp3) is 0.409. The standard InChI is InChI=1S/C22H21Cl2FN2O/c23-15-10-17-20-12-19(13-6-8-16(25)9-7-13)26-27(20)22(14-4-2-1-3-5-14)28-21(17)18(24)11-15/h6-11,14,20,22H,1-5,12H2/t20-,22+/m1/s1. The summed E-state index contributed by atoms with van der Waals surface area (Å²) in [6, 6.07) is 10.2. The number of rotatable bonds is 2. The van der Waals surface area contributed by atoms with Gasteiger partial charge in [-0.3, -0.25) is 0 Å². The topological polar surface area (TPSA) is 24.8 Å². The van der Waals surface area contributed by atoms with Crippen molar-refractivity contribution in [3.8, 4) is 5.75 Å². The number of hydrogen-bond acceptors (Lipinski definition) is 3. The lowest BCUT2D eigenvalue weighted by atomic mass is 9.86. The number of fused-ring (bicyclic) bond motifs is 3. The first-order chi connectivity index (χ1) is 13.6. The van der Waals surface area contributed by atoms with E-state index < -0.39 is 0 Å². The highest BCUT2D eigenvalue weighted by Gasteiger charge is 2.44. The number of ether oxygens (including phenoxy) is 1. The van der Waals surface area contributed by atoms with Gasteiger partial charge in [0, 0.05) is 22.9 Å². The van der Waals surface area contributed by atoms with Crippen LogP contribution in [0.1, 0.15) is 55.7 Å². The number of halogens is 3. The van der Waals surface area contributed by atoms with Crippen LogP contribution < -0.4 is 4.74 Å². The molecule has 0 radical (unpaired) electrons. The van der Waals surface area contributed by atoms with Crippen molar-refractivity contribution in [2.45, 2.75) is 50.8 Å². The Labute approximate surface area is 174 Å². The molecule has 28 heavy (non-hydrogen) atoms. The SMILES string of the molecule is Fc1ccc(C2=NN3[C@H](C2)c2cc(Cl)cc(Cl)c2O[C@H]3C2CCCCC2)cc1. The third kappa shape index (κ3) is 3.17. The molecule has 2 atom stereocenters. The van der Waals surface area contributed by atoms with E-state index >= 15 is 0 Å². The van der Waals surface area contributed by atoms with Crippen molar-refractivity contribution >= 4 is 28.9 Å². The molecule has 2 heterocycles. The lowest BCUT2D eigenvalue weighted by Crippen LogP contribution is -2.46. The molecule has 0 N–H and O–H groups in total. The Balaban J connectivity index is 1.56. The minimum atomic E-state index is -0.243. The van der Waals surface area contributed by atoms with E-state index in [4.69, 9.17) is 33.0 Å². The molecule has 0 unspecified atom stereocenters. The van der Waals surface area contributed by atoms with E-state index in [9.17, 15) is 4.39 Å². The summed E-state index contributed by atoms with van der Waals surface area (Å²) in [4.78, 5) is 0. The van der Waals surface area contributed by atoms with Crippen LogP contribution in [-0.2, 0) is 0 Å². The fourth-order valence-corrected chi connectivity index (χ4v) is 5.24. The lowest BCUT2D eigenvalue weighted by Gasteiger charge is -2.43. The van der Waals surface area contributed by atoms with Crippen LogP contribution in [0.4, 0.5) is 4.39 Å². The van der Waals surface area contributed by atoms with Crippen LogP contribution in [0.15, 0.2) is 41.5 Å². The summed E-state index contributed by atoms with van der Waals surface area (Å²) in [5, 5.41) is 8.19. The van der Waals surface area contributed by atoms with Crippen LogP contribution in [0.2, 0.25) is 10.0 Å². The molecule has 0 bridgehead atoms. The average Bonchev–Trinajstić information content (AvgIpc) is 3.14. The van der Waals surface area contributed by atoms with Crippen LogP contribution >= 0.6 is 23.2 Å². The summed E-state index contributed by atoms with van der Waals surface area (Å²) >= 11 is 12.8. The molecule has 2 aliphatic heterocycles. The highest BCUT2D eigenvalue weighted by atomic mass is 35.5. The van der Waals surface area contributed by atoms with E-state index in [2.05, 4.69) is 5.01 Å². The van der Waals surface area contributed by atoms with E-state index in [0.29, 0.717) is 16.0 Å². The molecular weight excluding hydrogens is 398 g/mol. The molecule has 0 saturated heterocycles. The van der Waals surface area contributed by atoms with Crippen molar-refractivity contribution in [2.24, 2.45) is 11.0 Å². The predicted molar refractivity (Wildman–Crippen MR) is 110 cm³/mol. The van der Waals surface area contributed by atoms with Gasteiger partial charge in [-0.15, -0.1) is 0 Å². The molecular formula is C22H21Cl2FN2O. The first-order valence-corrected chi connectivity index (χ1v) is 10.6. The number of hydrogen-bond donors (Lipinski definition) is 0. The quantitative estimate of drug-likeness (QED) is 0.549. The van der Waals surface area contributed by atoms with Gasteiger partial charge in [-0.05, 0) is 42.7 Å². The van der Waals surface area contributed by atoms with Crippen molar-refractivity contribution < 1.29 is 9.13 Å².